The average molecular weight is 415 g/mol. The summed E-state index contributed by atoms with van der Waals surface area (Å²) >= 11 is 0. The fourth-order valence-electron chi connectivity index (χ4n) is 4.55. The summed E-state index contributed by atoms with van der Waals surface area (Å²) in [6.45, 7) is 6.38. The number of furan rings is 1. The highest BCUT2D eigenvalue weighted by molar-refractivity contribution is 6.53. The van der Waals surface area contributed by atoms with Crippen LogP contribution in [0.4, 0.5) is 5.69 Å². The van der Waals surface area contributed by atoms with E-state index in [4.69, 9.17) is 4.42 Å². The van der Waals surface area contributed by atoms with Gasteiger partial charge in [-0.25, -0.2) is 0 Å². The van der Waals surface area contributed by atoms with Crippen LogP contribution in [0.3, 0.4) is 0 Å². The zero-order valence-electron chi connectivity index (χ0n) is 18.0. The molecule has 0 aliphatic heterocycles. The van der Waals surface area contributed by atoms with Gasteiger partial charge in [0.1, 0.15) is 5.58 Å². The Hall–Kier alpha value is -3.34. The van der Waals surface area contributed by atoms with Crippen molar-refractivity contribution in [2.24, 2.45) is 0 Å². The summed E-state index contributed by atoms with van der Waals surface area (Å²) in [7, 11) is 0. The van der Waals surface area contributed by atoms with Crippen LogP contribution in [0.15, 0.2) is 46.9 Å². The predicted octanol–water partition coefficient (Wildman–Crippen LogP) is 6.37. The molecule has 1 N–H and O–H groups in total. The Morgan fingerprint density at radius 2 is 1.61 bits per heavy atom. The number of nitrogens with zero attached hydrogens (tertiary/aromatic N) is 1. The van der Waals surface area contributed by atoms with Gasteiger partial charge in [-0.1, -0.05) is 44.9 Å². The number of H-pyrrole nitrogens is 1. The molecule has 5 heteroatoms. The topological polar surface area (TPSA) is 66.3 Å². The van der Waals surface area contributed by atoms with E-state index in [2.05, 4.69) is 29.8 Å². The molecule has 0 amide bonds. The first kappa shape index (κ1) is 19.6. The van der Waals surface area contributed by atoms with Crippen LogP contribution in [0.2, 0.25) is 0 Å². The molecular weight excluding hydrogens is 388 g/mol. The van der Waals surface area contributed by atoms with Crippen LogP contribution in [0.25, 0.3) is 33.0 Å². The first-order valence-electron chi connectivity index (χ1n) is 11.2. The van der Waals surface area contributed by atoms with Crippen molar-refractivity contribution in [1.29, 1.82) is 0 Å². The van der Waals surface area contributed by atoms with E-state index in [-0.39, 0.29) is 5.76 Å². The molecule has 0 radical (unpaired) electrons. The van der Waals surface area contributed by atoms with Crippen LogP contribution in [0.1, 0.15) is 60.6 Å². The maximum atomic E-state index is 12.9. The molecule has 1 aliphatic rings. The number of benzene rings is 2. The average Bonchev–Trinajstić information content (AvgIpc) is 3.35. The minimum absolute atomic E-state index is 0.156. The van der Waals surface area contributed by atoms with Crippen molar-refractivity contribution in [3.05, 3.63) is 53.9 Å². The van der Waals surface area contributed by atoms with E-state index in [1.54, 1.807) is 0 Å². The maximum Gasteiger partial charge on any atom is 0.270 e. The zero-order valence-corrected chi connectivity index (χ0v) is 18.0. The number of para-hydroxylation sites is 1. The molecule has 0 bridgehead atoms. The summed E-state index contributed by atoms with van der Waals surface area (Å²) in [4.78, 5) is 31.2. The first-order chi connectivity index (χ1) is 15.1. The molecule has 2 aromatic heterocycles. The second kappa shape index (κ2) is 7.73. The molecule has 0 unspecified atom stereocenters. The number of nitrogens with one attached hydrogen (secondary N) is 1. The highest BCUT2D eigenvalue weighted by Crippen LogP contribution is 2.45. The summed E-state index contributed by atoms with van der Waals surface area (Å²) in [5.41, 5.74) is 4.46. The highest BCUT2D eigenvalue weighted by Gasteiger charge is 2.38. The lowest BCUT2D eigenvalue weighted by atomic mass is 9.90. The van der Waals surface area contributed by atoms with Crippen molar-refractivity contribution in [2.45, 2.75) is 39.5 Å². The molecule has 1 aliphatic carbocycles. The third-order valence-electron chi connectivity index (χ3n) is 6.20. The first-order valence-corrected chi connectivity index (χ1v) is 11.2. The van der Waals surface area contributed by atoms with Gasteiger partial charge in [-0.3, -0.25) is 9.59 Å². The predicted molar refractivity (Wildman–Crippen MR) is 124 cm³/mol. The molecule has 0 saturated heterocycles. The number of rotatable bonds is 7. The molecule has 5 rings (SSSR count). The smallest absolute Gasteiger partial charge is 0.270 e. The number of hydrogen-bond donors (Lipinski definition) is 1. The van der Waals surface area contributed by atoms with E-state index in [1.165, 1.54) is 0 Å². The fourth-order valence-corrected chi connectivity index (χ4v) is 4.55. The van der Waals surface area contributed by atoms with Crippen molar-refractivity contribution in [1.82, 2.24) is 4.98 Å². The molecule has 5 nitrogen and oxygen atoms in total. The van der Waals surface area contributed by atoms with Gasteiger partial charge < -0.3 is 14.3 Å². The number of hydrogen-bond acceptors (Lipinski definition) is 4. The summed E-state index contributed by atoms with van der Waals surface area (Å²) in [5.74, 6) is -0.964. The van der Waals surface area contributed by atoms with Crippen LogP contribution in [0, 0.1) is 0 Å². The molecular formula is C26H26N2O3. The van der Waals surface area contributed by atoms with E-state index >= 15 is 0 Å². The molecule has 0 fully saturated rings. The van der Waals surface area contributed by atoms with E-state index in [0.717, 1.165) is 71.9 Å². The number of carbonyl (C=O) groups is 2. The van der Waals surface area contributed by atoms with Gasteiger partial charge in [-0.05, 0) is 31.0 Å². The molecule has 2 heterocycles. The lowest BCUT2D eigenvalue weighted by Crippen LogP contribution is -2.25. The van der Waals surface area contributed by atoms with E-state index in [9.17, 15) is 9.59 Å². The maximum absolute atomic E-state index is 12.9. The number of ketones is 2. The van der Waals surface area contributed by atoms with Gasteiger partial charge in [0.2, 0.25) is 0 Å². The molecule has 31 heavy (non-hydrogen) atoms. The number of fused-ring (bicyclic) bond motifs is 7. The Kier molecular flexibility index (Phi) is 4.89. The van der Waals surface area contributed by atoms with Gasteiger partial charge in [0.05, 0.1) is 5.69 Å². The number of unbranched alkanes of at least 4 members (excludes halogenated alkanes) is 2. The molecule has 4 aromatic rings. The second-order valence-corrected chi connectivity index (χ2v) is 8.26. The number of carbonyl (C=O) groups excluding carboxylic acids is 2. The Labute approximate surface area is 181 Å². The van der Waals surface area contributed by atoms with Gasteiger partial charge >= 0.3 is 0 Å². The number of aromatic nitrogens is 1. The summed E-state index contributed by atoms with van der Waals surface area (Å²) in [6.07, 6.45) is 4.53. The van der Waals surface area contributed by atoms with E-state index < -0.39 is 11.6 Å². The fraction of sp³-hybridized carbons (Fsp3) is 0.308. The van der Waals surface area contributed by atoms with Crippen molar-refractivity contribution in [3.8, 4) is 11.1 Å². The van der Waals surface area contributed by atoms with Gasteiger partial charge in [-0.2, -0.15) is 0 Å². The number of aromatic amines is 1. The standard InChI is InChI=1S/C26H26N2O3/c1-3-5-13-28(14-6-4-2)16-11-12-18-20(15-16)31-26-22(18)21-17-9-7-8-10-19(17)27-23(21)24(29)25(26)30/h7-12,15,27H,3-6,13-14H2,1-2H3. The van der Waals surface area contributed by atoms with E-state index in [0.29, 0.717) is 11.3 Å². The molecule has 2 aromatic carbocycles. The van der Waals surface area contributed by atoms with Crippen molar-refractivity contribution in [3.63, 3.8) is 0 Å². The molecule has 158 valence electrons. The summed E-state index contributed by atoms with van der Waals surface area (Å²) in [5, 5.41) is 1.80. The van der Waals surface area contributed by atoms with Gasteiger partial charge in [0.15, 0.2) is 5.76 Å². The number of anilines is 1. The highest BCUT2D eigenvalue weighted by atomic mass is 16.3. The summed E-state index contributed by atoms with van der Waals surface area (Å²) in [6, 6.07) is 13.9. The lowest BCUT2D eigenvalue weighted by molar-refractivity contribution is 0.0798. The Morgan fingerprint density at radius 1 is 0.871 bits per heavy atom. The van der Waals surface area contributed by atoms with Crippen LogP contribution < -0.4 is 4.90 Å². The van der Waals surface area contributed by atoms with Crippen molar-refractivity contribution < 1.29 is 14.0 Å². The van der Waals surface area contributed by atoms with Gasteiger partial charge in [0.25, 0.3) is 11.6 Å². The SMILES string of the molecule is CCCCN(CCCC)c1ccc2c3c(oc2c1)C(=O)C(=O)c1[nH]c2ccccc2c1-3. The summed E-state index contributed by atoms with van der Waals surface area (Å²) < 4.78 is 6.04. The van der Waals surface area contributed by atoms with Crippen molar-refractivity contribution in [2.75, 3.05) is 18.0 Å². The van der Waals surface area contributed by atoms with Crippen LogP contribution in [-0.4, -0.2) is 29.6 Å². The van der Waals surface area contributed by atoms with Crippen LogP contribution in [-0.2, 0) is 0 Å². The molecule has 0 atom stereocenters. The second-order valence-electron chi connectivity index (χ2n) is 8.26. The minimum atomic E-state index is -0.583. The number of Topliss-reactive ketones (excluding diaryl/α,β-unsaturated/α-hetero) is 2. The minimum Gasteiger partial charge on any atom is -0.452 e. The monoisotopic (exact) mass is 414 g/mol. The van der Waals surface area contributed by atoms with Gasteiger partial charge in [-0.15, -0.1) is 0 Å². The van der Waals surface area contributed by atoms with Gasteiger partial charge in [0, 0.05) is 52.3 Å². The Balaban J connectivity index is 1.68. The van der Waals surface area contributed by atoms with E-state index in [1.807, 2.05) is 36.4 Å². The largest absolute Gasteiger partial charge is 0.452 e. The Morgan fingerprint density at radius 3 is 2.35 bits per heavy atom. The van der Waals surface area contributed by atoms with Crippen LogP contribution in [0.5, 0.6) is 0 Å². The quantitative estimate of drug-likeness (QED) is 0.357. The molecule has 0 spiro atoms. The third-order valence-corrected chi connectivity index (χ3v) is 6.20. The molecule has 0 saturated carbocycles. The van der Waals surface area contributed by atoms with Crippen LogP contribution >= 0.6 is 0 Å². The normalized spacial score (nSPS) is 13.1. The Bertz CT molecular complexity index is 1300. The zero-order chi connectivity index (χ0) is 21.5. The third kappa shape index (κ3) is 3.07. The van der Waals surface area contributed by atoms with Crippen molar-refractivity contribution >= 4 is 39.1 Å². The lowest BCUT2D eigenvalue weighted by Gasteiger charge is -2.24.